The van der Waals surface area contributed by atoms with Crippen molar-refractivity contribution in [3.05, 3.63) is 0 Å². The van der Waals surface area contributed by atoms with Crippen molar-refractivity contribution >= 4 is 0 Å². The van der Waals surface area contributed by atoms with Crippen molar-refractivity contribution in [2.24, 2.45) is 11.8 Å². The van der Waals surface area contributed by atoms with E-state index in [0.717, 1.165) is 11.8 Å². The largest absolute Gasteiger partial charge is 0.0683 e. The summed E-state index contributed by atoms with van der Waals surface area (Å²) in [4.78, 5) is 0. The molecule has 0 aromatic rings. The van der Waals surface area contributed by atoms with Crippen molar-refractivity contribution in [2.75, 3.05) is 0 Å². The van der Waals surface area contributed by atoms with Gasteiger partial charge in [0.2, 0.25) is 0 Å². The van der Waals surface area contributed by atoms with Crippen LogP contribution in [0.15, 0.2) is 0 Å². The zero-order valence-corrected chi connectivity index (χ0v) is 12.6. The molecule has 0 aromatic heterocycles. The molecule has 92 valence electrons. The first kappa shape index (κ1) is 23.7. The average molecular weight is 204 g/mol. The summed E-state index contributed by atoms with van der Waals surface area (Å²) in [7, 11) is 0. The first-order valence-corrected chi connectivity index (χ1v) is 6.54. The molecule has 0 aliphatic heterocycles. The van der Waals surface area contributed by atoms with Gasteiger partial charge in [0.1, 0.15) is 0 Å². The van der Waals surface area contributed by atoms with Crippen molar-refractivity contribution < 1.29 is 0 Å². The first-order chi connectivity index (χ1) is 6.54. The van der Waals surface area contributed by atoms with Crippen LogP contribution in [-0.4, -0.2) is 0 Å². The minimum Gasteiger partial charge on any atom is -0.0683 e. The Morgan fingerprint density at radius 3 is 0.643 bits per heavy atom. The third-order valence-electron chi connectivity index (χ3n) is 1.63. The Bertz CT molecular complexity index is 36.0. The number of hydrogen-bond acceptors (Lipinski definition) is 0. The van der Waals surface area contributed by atoms with E-state index >= 15 is 0 Å². The number of rotatable bonds is 2. The first-order valence-electron chi connectivity index (χ1n) is 6.54. The van der Waals surface area contributed by atoms with E-state index in [9.17, 15) is 0 Å². The van der Waals surface area contributed by atoms with Gasteiger partial charge in [0.15, 0.2) is 0 Å². The van der Waals surface area contributed by atoms with Gasteiger partial charge in [0, 0.05) is 0 Å². The molecule has 0 spiro atoms. The summed E-state index contributed by atoms with van der Waals surface area (Å²) in [6.07, 6.45) is 2.61. The van der Waals surface area contributed by atoms with E-state index in [1.54, 1.807) is 0 Å². The smallest absolute Gasteiger partial charge is 0.0474 e. The highest BCUT2D eigenvalue weighted by molar-refractivity contribution is 4.33. The second-order valence-electron chi connectivity index (χ2n) is 3.60. The molecule has 0 saturated heterocycles. The SMILES string of the molecule is CC.CC.CCC(C)C.CCC(C)C. The van der Waals surface area contributed by atoms with Gasteiger partial charge >= 0.3 is 0 Å². The quantitative estimate of drug-likeness (QED) is 0.505. The van der Waals surface area contributed by atoms with Crippen LogP contribution in [-0.2, 0) is 0 Å². The summed E-state index contributed by atoms with van der Waals surface area (Å²) in [6, 6.07) is 0. The summed E-state index contributed by atoms with van der Waals surface area (Å²) in [6.45, 7) is 21.3. The van der Waals surface area contributed by atoms with Crippen LogP contribution in [0.4, 0.5) is 0 Å². The summed E-state index contributed by atoms with van der Waals surface area (Å²) in [5, 5.41) is 0. The van der Waals surface area contributed by atoms with Crippen LogP contribution in [0.2, 0.25) is 0 Å². The Labute approximate surface area is 94.5 Å². The van der Waals surface area contributed by atoms with Gasteiger partial charge in [-0.3, -0.25) is 0 Å². The minimum absolute atomic E-state index is 0.884. The zero-order valence-electron chi connectivity index (χ0n) is 12.6. The monoisotopic (exact) mass is 204 g/mol. The molecule has 0 aromatic carbocycles. The lowest BCUT2D eigenvalue weighted by atomic mass is 10.2. The van der Waals surface area contributed by atoms with E-state index in [1.807, 2.05) is 27.7 Å². The molecule has 0 amide bonds. The molecule has 0 aliphatic rings. The van der Waals surface area contributed by atoms with Crippen LogP contribution in [0, 0.1) is 11.8 Å². The summed E-state index contributed by atoms with van der Waals surface area (Å²) < 4.78 is 0. The van der Waals surface area contributed by atoms with Crippen molar-refractivity contribution in [1.29, 1.82) is 0 Å². The highest BCUT2D eigenvalue weighted by atomic mass is 13.9. The predicted molar refractivity (Wildman–Crippen MR) is 73.0 cm³/mol. The van der Waals surface area contributed by atoms with Crippen molar-refractivity contribution in [1.82, 2.24) is 0 Å². The van der Waals surface area contributed by atoms with Gasteiger partial charge in [0.05, 0.1) is 0 Å². The molecule has 0 atom stereocenters. The van der Waals surface area contributed by atoms with Gasteiger partial charge < -0.3 is 0 Å². The molecule has 0 aliphatic carbocycles. The van der Waals surface area contributed by atoms with Crippen LogP contribution >= 0.6 is 0 Å². The minimum atomic E-state index is 0.884. The molecule has 0 unspecified atom stereocenters. The maximum Gasteiger partial charge on any atom is -0.0474 e. The Kier molecular flexibility index (Phi) is 49.4. The van der Waals surface area contributed by atoms with Gasteiger partial charge in [0.25, 0.3) is 0 Å². The topological polar surface area (TPSA) is 0 Å². The summed E-state index contributed by atoms with van der Waals surface area (Å²) in [5.41, 5.74) is 0. The lowest BCUT2D eigenvalue weighted by Gasteiger charge is -1.90. The lowest BCUT2D eigenvalue weighted by molar-refractivity contribution is 0.626. The third kappa shape index (κ3) is 90.8. The second-order valence-corrected chi connectivity index (χ2v) is 3.60. The molecular weight excluding hydrogens is 168 g/mol. The van der Waals surface area contributed by atoms with E-state index in [4.69, 9.17) is 0 Å². The van der Waals surface area contributed by atoms with Crippen LogP contribution in [0.1, 0.15) is 82.1 Å². The van der Waals surface area contributed by atoms with E-state index < -0.39 is 0 Å². The van der Waals surface area contributed by atoms with E-state index in [0.29, 0.717) is 0 Å². The van der Waals surface area contributed by atoms with Gasteiger partial charge in [-0.2, -0.15) is 0 Å². The Morgan fingerprint density at radius 2 is 0.643 bits per heavy atom. The molecule has 0 N–H and O–H groups in total. The molecule has 0 rings (SSSR count). The standard InChI is InChI=1S/2C5H12.2C2H6/c2*1-4-5(2)3;2*1-2/h2*5H,4H2,1-3H3;2*1-2H3. The predicted octanol–water partition coefficient (Wildman–Crippen LogP) is 6.16. The fourth-order valence-corrected chi connectivity index (χ4v) is 0. The van der Waals surface area contributed by atoms with Crippen LogP contribution in [0.3, 0.4) is 0 Å². The maximum atomic E-state index is 2.22. The molecule has 0 bridgehead atoms. The van der Waals surface area contributed by atoms with Crippen molar-refractivity contribution in [3.8, 4) is 0 Å². The molecule has 0 radical (unpaired) electrons. The lowest BCUT2D eigenvalue weighted by Crippen LogP contribution is -1.77. The van der Waals surface area contributed by atoms with Crippen LogP contribution in [0.25, 0.3) is 0 Å². The highest BCUT2D eigenvalue weighted by Crippen LogP contribution is 1.94. The van der Waals surface area contributed by atoms with E-state index in [2.05, 4.69) is 41.5 Å². The van der Waals surface area contributed by atoms with Gasteiger partial charge in [-0.1, -0.05) is 82.1 Å². The Morgan fingerprint density at radius 1 is 0.571 bits per heavy atom. The zero-order chi connectivity index (χ0) is 12.6. The van der Waals surface area contributed by atoms with Crippen LogP contribution in [0.5, 0.6) is 0 Å². The van der Waals surface area contributed by atoms with Crippen molar-refractivity contribution in [3.63, 3.8) is 0 Å². The molecule has 0 heterocycles. The third-order valence-corrected chi connectivity index (χ3v) is 1.63. The average Bonchev–Trinajstić information content (AvgIpc) is 2.24. The summed E-state index contributed by atoms with van der Waals surface area (Å²) in [5.74, 6) is 1.77. The second kappa shape index (κ2) is 29.2. The fourth-order valence-electron chi connectivity index (χ4n) is 0. The van der Waals surface area contributed by atoms with Gasteiger partial charge in [-0.05, 0) is 11.8 Å². The molecular formula is C14H36. The molecule has 0 heteroatoms. The molecule has 0 saturated carbocycles. The summed E-state index contributed by atoms with van der Waals surface area (Å²) >= 11 is 0. The Balaban J connectivity index is -0.0000000528. The molecule has 0 fully saturated rings. The van der Waals surface area contributed by atoms with E-state index in [1.165, 1.54) is 12.8 Å². The molecule has 0 nitrogen and oxygen atoms in total. The number of hydrogen-bond donors (Lipinski definition) is 0. The maximum absolute atomic E-state index is 2.22. The highest BCUT2D eigenvalue weighted by Gasteiger charge is 1.80. The van der Waals surface area contributed by atoms with Gasteiger partial charge in [-0.25, -0.2) is 0 Å². The van der Waals surface area contributed by atoms with E-state index in [-0.39, 0.29) is 0 Å². The molecule has 14 heavy (non-hydrogen) atoms. The fraction of sp³-hybridized carbons (Fsp3) is 1.00. The van der Waals surface area contributed by atoms with Gasteiger partial charge in [-0.15, -0.1) is 0 Å². The van der Waals surface area contributed by atoms with Crippen molar-refractivity contribution in [2.45, 2.75) is 82.1 Å². The van der Waals surface area contributed by atoms with Crippen LogP contribution < -0.4 is 0 Å². The normalized spacial score (nSPS) is 7.71. The Hall–Kier alpha value is 0.